The van der Waals surface area contributed by atoms with E-state index in [-0.39, 0.29) is 5.91 Å². The van der Waals surface area contributed by atoms with Gasteiger partial charge in [-0.1, -0.05) is 51.8 Å². The van der Waals surface area contributed by atoms with Crippen LogP contribution in [0.25, 0.3) is 0 Å². The smallest absolute Gasteiger partial charge is 0.268 e. The predicted molar refractivity (Wildman–Crippen MR) is 102 cm³/mol. The van der Waals surface area contributed by atoms with Crippen molar-refractivity contribution < 1.29 is 4.79 Å². The number of carbonyl (C=O) groups is 1. The van der Waals surface area contributed by atoms with Gasteiger partial charge in [-0.05, 0) is 41.5 Å². The van der Waals surface area contributed by atoms with Gasteiger partial charge in [-0.25, -0.2) is 5.43 Å². The number of nitrogens with zero attached hydrogens (tertiary/aromatic N) is 3. The number of benzene rings is 2. The van der Waals surface area contributed by atoms with E-state index < -0.39 is 0 Å². The molecule has 2 aromatic carbocycles. The van der Waals surface area contributed by atoms with E-state index in [2.05, 4.69) is 31.6 Å². The zero-order chi connectivity index (χ0) is 17.6. The van der Waals surface area contributed by atoms with Crippen molar-refractivity contribution in [1.82, 2.24) is 15.2 Å². The molecular formula is C18H14BrClN4O. The molecule has 0 atom stereocenters. The van der Waals surface area contributed by atoms with Crippen LogP contribution in [0.15, 0.2) is 70.4 Å². The Morgan fingerprint density at radius 1 is 1.24 bits per heavy atom. The average Bonchev–Trinajstić information content (AvgIpc) is 3.06. The molecule has 5 nitrogen and oxygen atoms in total. The lowest BCUT2D eigenvalue weighted by Crippen LogP contribution is -2.18. The number of nitrogens with one attached hydrogen (secondary N) is 1. The number of rotatable bonds is 5. The third-order valence-electron chi connectivity index (χ3n) is 3.36. The minimum atomic E-state index is -0.368. The van der Waals surface area contributed by atoms with Crippen molar-refractivity contribution in [3.05, 3.63) is 87.1 Å². The molecule has 0 spiro atoms. The van der Waals surface area contributed by atoms with E-state index in [1.165, 1.54) is 6.21 Å². The molecule has 1 N–H and O–H groups in total. The van der Waals surface area contributed by atoms with Gasteiger partial charge in [0.2, 0.25) is 0 Å². The van der Waals surface area contributed by atoms with Crippen molar-refractivity contribution in [3.63, 3.8) is 0 Å². The summed E-state index contributed by atoms with van der Waals surface area (Å²) in [5, 5.41) is 8.80. The fourth-order valence-corrected chi connectivity index (χ4v) is 2.62. The molecule has 0 aliphatic carbocycles. The first-order valence-corrected chi connectivity index (χ1v) is 8.64. The van der Waals surface area contributed by atoms with E-state index in [0.29, 0.717) is 17.3 Å². The summed E-state index contributed by atoms with van der Waals surface area (Å²) >= 11 is 9.30. The van der Waals surface area contributed by atoms with Gasteiger partial charge in [-0.3, -0.25) is 9.48 Å². The molecule has 0 fully saturated rings. The summed E-state index contributed by atoms with van der Waals surface area (Å²) in [6.45, 7) is 0.590. The lowest BCUT2D eigenvalue weighted by Gasteiger charge is -2.02. The Morgan fingerprint density at radius 3 is 2.80 bits per heavy atom. The highest BCUT2D eigenvalue weighted by molar-refractivity contribution is 9.10. The summed E-state index contributed by atoms with van der Waals surface area (Å²) < 4.78 is 2.73. The van der Waals surface area contributed by atoms with Crippen molar-refractivity contribution in [2.45, 2.75) is 6.54 Å². The first-order chi connectivity index (χ1) is 12.1. The zero-order valence-electron chi connectivity index (χ0n) is 13.1. The van der Waals surface area contributed by atoms with Crippen LogP contribution in [0.5, 0.6) is 0 Å². The van der Waals surface area contributed by atoms with Crippen LogP contribution in [0.4, 0.5) is 0 Å². The maximum absolute atomic E-state index is 12.1. The standard InChI is InChI=1S/C18H14BrClN4O/c19-15-6-4-13(5-7-15)12-24-9-8-17(23-24)18(25)22-21-11-14-2-1-3-16(20)10-14/h1-11H,12H2,(H,22,25)/b21-11-. The van der Waals surface area contributed by atoms with E-state index in [0.717, 1.165) is 15.6 Å². The van der Waals surface area contributed by atoms with E-state index in [9.17, 15) is 4.79 Å². The quantitative estimate of drug-likeness (QED) is 0.502. The number of hydrazone groups is 1. The van der Waals surface area contributed by atoms with Gasteiger partial charge in [-0.15, -0.1) is 0 Å². The highest BCUT2D eigenvalue weighted by Crippen LogP contribution is 2.11. The van der Waals surface area contributed by atoms with Crippen molar-refractivity contribution in [2.75, 3.05) is 0 Å². The van der Waals surface area contributed by atoms with Crippen LogP contribution in [-0.4, -0.2) is 21.9 Å². The first kappa shape index (κ1) is 17.4. The second-order valence-electron chi connectivity index (χ2n) is 5.28. The topological polar surface area (TPSA) is 59.3 Å². The lowest BCUT2D eigenvalue weighted by molar-refractivity contribution is 0.0949. The molecule has 0 unspecified atom stereocenters. The summed E-state index contributed by atoms with van der Waals surface area (Å²) in [4.78, 5) is 12.1. The molecule has 0 aliphatic heterocycles. The zero-order valence-corrected chi connectivity index (χ0v) is 15.4. The van der Waals surface area contributed by atoms with E-state index in [1.54, 1.807) is 29.1 Å². The summed E-state index contributed by atoms with van der Waals surface area (Å²) in [5.74, 6) is -0.368. The van der Waals surface area contributed by atoms with Crippen LogP contribution in [0.3, 0.4) is 0 Å². The van der Waals surface area contributed by atoms with E-state index >= 15 is 0 Å². The second kappa shape index (κ2) is 8.09. The Balaban J connectivity index is 1.59. The molecule has 0 aliphatic rings. The normalized spacial score (nSPS) is 11.0. The van der Waals surface area contributed by atoms with E-state index in [1.807, 2.05) is 36.4 Å². The molecule has 1 aromatic heterocycles. The van der Waals surface area contributed by atoms with Gasteiger partial charge >= 0.3 is 0 Å². The number of hydrogen-bond acceptors (Lipinski definition) is 3. The van der Waals surface area contributed by atoms with E-state index in [4.69, 9.17) is 11.6 Å². The molecule has 1 amide bonds. The Labute approximate surface area is 158 Å². The highest BCUT2D eigenvalue weighted by atomic mass is 79.9. The maximum Gasteiger partial charge on any atom is 0.291 e. The number of halogens is 2. The lowest BCUT2D eigenvalue weighted by atomic mass is 10.2. The first-order valence-electron chi connectivity index (χ1n) is 7.47. The van der Waals surface area contributed by atoms with Crippen molar-refractivity contribution in [1.29, 1.82) is 0 Å². The molecule has 0 radical (unpaired) electrons. The Bertz CT molecular complexity index is 905. The van der Waals surface area contributed by atoms with Crippen molar-refractivity contribution >= 4 is 39.7 Å². The number of aromatic nitrogens is 2. The Morgan fingerprint density at radius 2 is 2.04 bits per heavy atom. The number of carbonyl (C=O) groups excluding carboxylic acids is 1. The van der Waals surface area contributed by atoms with Crippen LogP contribution >= 0.6 is 27.5 Å². The molecule has 25 heavy (non-hydrogen) atoms. The summed E-state index contributed by atoms with van der Waals surface area (Å²) in [7, 11) is 0. The third-order valence-corrected chi connectivity index (χ3v) is 4.12. The van der Waals surface area contributed by atoms with Gasteiger partial charge in [0.15, 0.2) is 5.69 Å². The van der Waals surface area contributed by atoms with Gasteiger partial charge in [-0.2, -0.15) is 10.2 Å². The fourth-order valence-electron chi connectivity index (χ4n) is 2.16. The molecule has 126 valence electrons. The predicted octanol–water partition coefficient (Wildman–Crippen LogP) is 4.11. The minimum Gasteiger partial charge on any atom is -0.268 e. The van der Waals surface area contributed by atoms with Gasteiger partial charge in [0.1, 0.15) is 0 Å². The molecule has 7 heteroatoms. The molecule has 3 aromatic rings. The van der Waals surface area contributed by atoms with Crippen LogP contribution in [0.1, 0.15) is 21.6 Å². The van der Waals surface area contributed by atoms with Crippen LogP contribution in [-0.2, 0) is 6.54 Å². The SMILES string of the molecule is O=C(N/N=C\c1cccc(Cl)c1)c1ccn(Cc2ccc(Br)cc2)n1. The van der Waals surface area contributed by atoms with Gasteiger partial charge in [0.25, 0.3) is 5.91 Å². The average molecular weight is 418 g/mol. The van der Waals surface area contributed by atoms with Crippen LogP contribution in [0.2, 0.25) is 5.02 Å². The summed E-state index contributed by atoms with van der Waals surface area (Å²) in [6.07, 6.45) is 3.29. The Kier molecular flexibility index (Phi) is 5.63. The molecule has 0 saturated heterocycles. The van der Waals surface area contributed by atoms with Crippen molar-refractivity contribution in [3.8, 4) is 0 Å². The molecular weight excluding hydrogens is 404 g/mol. The van der Waals surface area contributed by atoms with Crippen LogP contribution in [0, 0.1) is 0 Å². The molecule has 1 heterocycles. The summed E-state index contributed by atoms with van der Waals surface area (Å²) in [6, 6.07) is 16.8. The number of hydrogen-bond donors (Lipinski definition) is 1. The molecule has 0 saturated carbocycles. The monoisotopic (exact) mass is 416 g/mol. The fraction of sp³-hybridized carbons (Fsp3) is 0.0556. The maximum atomic E-state index is 12.1. The van der Waals surface area contributed by atoms with Crippen molar-refractivity contribution in [2.24, 2.45) is 5.10 Å². The minimum absolute atomic E-state index is 0.306. The molecule has 0 bridgehead atoms. The van der Waals surface area contributed by atoms with Crippen LogP contribution < -0.4 is 5.43 Å². The Hall–Kier alpha value is -2.44. The molecule has 3 rings (SSSR count). The van der Waals surface area contributed by atoms with Gasteiger partial charge < -0.3 is 0 Å². The summed E-state index contributed by atoms with van der Waals surface area (Å²) in [5.41, 5.74) is 4.66. The van der Waals surface area contributed by atoms with Gasteiger partial charge in [0.05, 0.1) is 12.8 Å². The highest BCUT2D eigenvalue weighted by Gasteiger charge is 2.08. The van der Waals surface area contributed by atoms with Gasteiger partial charge in [0, 0.05) is 15.7 Å². The third kappa shape index (κ3) is 5.01. The second-order valence-corrected chi connectivity index (χ2v) is 6.63. The largest absolute Gasteiger partial charge is 0.291 e. The number of amides is 1.